The number of aliphatic hydroxyl groups is 1. The van der Waals surface area contributed by atoms with Gasteiger partial charge >= 0.3 is 0 Å². The van der Waals surface area contributed by atoms with Crippen LogP contribution in [0.25, 0.3) is 0 Å². The molecule has 0 radical (unpaired) electrons. The van der Waals surface area contributed by atoms with Gasteiger partial charge in [0, 0.05) is 5.92 Å². The Kier molecular flexibility index (Phi) is 3.43. The molecule has 2 N–H and O–H groups in total. The van der Waals surface area contributed by atoms with E-state index in [9.17, 15) is 9.90 Å². The van der Waals surface area contributed by atoms with Gasteiger partial charge in [0.25, 0.3) is 0 Å². The molecule has 0 heterocycles. The van der Waals surface area contributed by atoms with Gasteiger partial charge in [0.2, 0.25) is 5.91 Å². The molecule has 0 spiro atoms. The van der Waals surface area contributed by atoms with Gasteiger partial charge in [-0.1, -0.05) is 30.3 Å². The van der Waals surface area contributed by atoms with Crippen LogP contribution in [0.4, 0.5) is 0 Å². The standard InChI is InChI=1S/C16H23NO2/c1-15(2,16(3,4)19)17-14(18)13-10-12(13)11-8-6-5-7-9-11/h5-9,12-13,19H,10H2,1-4H3,(H,17,18). The number of rotatable bonds is 4. The van der Waals surface area contributed by atoms with Crippen molar-refractivity contribution in [2.45, 2.75) is 51.2 Å². The molecule has 1 aliphatic carbocycles. The van der Waals surface area contributed by atoms with Crippen LogP contribution in [0.3, 0.4) is 0 Å². The zero-order valence-corrected chi connectivity index (χ0v) is 12.1. The van der Waals surface area contributed by atoms with Gasteiger partial charge in [-0.3, -0.25) is 4.79 Å². The highest BCUT2D eigenvalue weighted by atomic mass is 16.3. The summed E-state index contributed by atoms with van der Waals surface area (Å²) in [5.41, 5.74) is -0.350. The Balaban J connectivity index is 1.97. The van der Waals surface area contributed by atoms with Crippen LogP contribution in [0.2, 0.25) is 0 Å². The summed E-state index contributed by atoms with van der Waals surface area (Å²) in [4.78, 5) is 12.2. The average molecular weight is 261 g/mol. The minimum absolute atomic E-state index is 0.0426. The normalized spacial score (nSPS) is 23.0. The molecule has 0 aliphatic heterocycles. The zero-order chi connectivity index (χ0) is 14.3. The van der Waals surface area contributed by atoms with E-state index in [2.05, 4.69) is 17.4 Å². The van der Waals surface area contributed by atoms with E-state index in [0.29, 0.717) is 5.92 Å². The fourth-order valence-corrected chi connectivity index (χ4v) is 2.11. The summed E-state index contributed by atoms with van der Waals surface area (Å²) < 4.78 is 0. The van der Waals surface area contributed by atoms with Crippen LogP contribution in [0.15, 0.2) is 30.3 Å². The fraction of sp³-hybridized carbons (Fsp3) is 0.562. The number of amides is 1. The lowest BCUT2D eigenvalue weighted by Gasteiger charge is -2.38. The van der Waals surface area contributed by atoms with Crippen molar-refractivity contribution < 1.29 is 9.90 Å². The number of benzene rings is 1. The van der Waals surface area contributed by atoms with Crippen LogP contribution in [0.1, 0.15) is 45.6 Å². The molecule has 104 valence electrons. The summed E-state index contributed by atoms with van der Waals surface area (Å²) in [6, 6.07) is 10.1. The average Bonchev–Trinajstić information content (AvgIpc) is 3.08. The van der Waals surface area contributed by atoms with E-state index in [1.807, 2.05) is 32.0 Å². The van der Waals surface area contributed by atoms with E-state index in [1.165, 1.54) is 5.56 Å². The second-order valence-electron chi connectivity index (χ2n) is 6.53. The van der Waals surface area contributed by atoms with Crippen molar-refractivity contribution in [3.05, 3.63) is 35.9 Å². The molecule has 1 fully saturated rings. The van der Waals surface area contributed by atoms with Crippen molar-refractivity contribution in [3.8, 4) is 0 Å². The summed E-state index contributed by atoms with van der Waals surface area (Å²) in [6.07, 6.45) is 0.901. The molecule has 0 bridgehead atoms. The van der Waals surface area contributed by atoms with Crippen LogP contribution in [0, 0.1) is 5.92 Å². The van der Waals surface area contributed by atoms with E-state index in [-0.39, 0.29) is 11.8 Å². The van der Waals surface area contributed by atoms with Crippen molar-refractivity contribution in [1.82, 2.24) is 5.32 Å². The third-order valence-electron chi connectivity index (χ3n) is 4.32. The second kappa shape index (κ2) is 4.64. The van der Waals surface area contributed by atoms with E-state index in [4.69, 9.17) is 0 Å². The largest absolute Gasteiger partial charge is 0.388 e. The number of carbonyl (C=O) groups excluding carboxylic acids is 1. The van der Waals surface area contributed by atoms with Gasteiger partial charge in [0.1, 0.15) is 0 Å². The van der Waals surface area contributed by atoms with Crippen LogP contribution in [-0.2, 0) is 4.79 Å². The predicted molar refractivity (Wildman–Crippen MR) is 75.8 cm³/mol. The van der Waals surface area contributed by atoms with Gasteiger partial charge in [-0.25, -0.2) is 0 Å². The van der Waals surface area contributed by atoms with E-state index < -0.39 is 11.1 Å². The lowest BCUT2D eigenvalue weighted by molar-refractivity contribution is -0.127. The molecule has 2 atom stereocenters. The number of hydrogen-bond donors (Lipinski definition) is 2. The van der Waals surface area contributed by atoms with Crippen molar-refractivity contribution >= 4 is 5.91 Å². The topological polar surface area (TPSA) is 49.3 Å². The van der Waals surface area contributed by atoms with Gasteiger partial charge in [0.05, 0.1) is 11.1 Å². The SMILES string of the molecule is CC(C)(O)C(C)(C)NC(=O)C1CC1c1ccccc1. The Morgan fingerprint density at radius 1 is 1.21 bits per heavy atom. The minimum atomic E-state index is -0.945. The first-order valence-corrected chi connectivity index (χ1v) is 6.82. The summed E-state index contributed by atoms with van der Waals surface area (Å²) in [5.74, 6) is 0.420. The fourth-order valence-electron chi connectivity index (χ4n) is 2.11. The molecular formula is C16H23NO2. The first-order valence-electron chi connectivity index (χ1n) is 6.82. The summed E-state index contributed by atoms with van der Waals surface area (Å²) in [6.45, 7) is 7.14. The highest BCUT2D eigenvalue weighted by Crippen LogP contribution is 2.47. The molecule has 1 aromatic carbocycles. The maximum atomic E-state index is 12.2. The molecule has 19 heavy (non-hydrogen) atoms. The molecule has 1 aromatic rings. The second-order valence-corrected chi connectivity index (χ2v) is 6.53. The smallest absolute Gasteiger partial charge is 0.224 e. The van der Waals surface area contributed by atoms with E-state index in [0.717, 1.165) is 6.42 Å². The van der Waals surface area contributed by atoms with Gasteiger partial charge in [0.15, 0.2) is 0 Å². The number of carbonyl (C=O) groups is 1. The Morgan fingerprint density at radius 2 is 1.79 bits per heavy atom. The van der Waals surface area contributed by atoms with Gasteiger partial charge < -0.3 is 10.4 Å². The van der Waals surface area contributed by atoms with Gasteiger partial charge in [-0.05, 0) is 45.6 Å². The third kappa shape index (κ3) is 2.98. The number of hydrogen-bond acceptors (Lipinski definition) is 2. The monoisotopic (exact) mass is 261 g/mol. The highest BCUT2D eigenvalue weighted by Gasteiger charge is 2.46. The van der Waals surface area contributed by atoms with Crippen molar-refractivity contribution in [2.24, 2.45) is 5.92 Å². The molecule has 1 saturated carbocycles. The molecule has 2 rings (SSSR count). The molecule has 0 aromatic heterocycles. The van der Waals surface area contributed by atoms with E-state index >= 15 is 0 Å². The molecule has 0 saturated heterocycles. The van der Waals surface area contributed by atoms with Crippen LogP contribution in [0.5, 0.6) is 0 Å². The first kappa shape index (κ1) is 14.1. The maximum absolute atomic E-state index is 12.2. The molecule has 1 aliphatic rings. The Bertz CT molecular complexity index is 459. The summed E-state index contributed by atoms with van der Waals surface area (Å²) in [5, 5.41) is 13.0. The van der Waals surface area contributed by atoms with Crippen molar-refractivity contribution in [2.75, 3.05) is 0 Å². The molecule has 3 nitrogen and oxygen atoms in total. The number of nitrogens with one attached hydrogen (secondary N) is 1. The molecular weight excluding hydrogens is 238 g/mol. The first-order chi connectivity index (χ1) is 8.72. The van der Waals surface area contributed by atoms with Crippen LogP contribution >= 0.6 is 0 Å². The Morgan fingerprint density at radius 3 is 2.32 bits per heavy atom. The summed E-state index contributed by atoms with van der Waals surface area (Å²) in [7, 11) is 0. The predicted octanol–water partition coefficient (Wildman–Crippen LogP) is 2.46. The maximum Gasteiger partial charge on any atom is 0.224 e. The van der Waals surface area contributed by atoms with Crippen LogP contribution < -0.4 is 5.32 Å². The summed E-state index contributed by atoms with van der Waals surface area (Å²) >= 11 is 0. The lowest BCUT2D eigenvalue weighted by Crippen LogP contribution is -2.58. The zero-order valence-electron chi connectivity index (χ0n) is 12.1. The van der Waals surface area contributed by atoms with Crippen molar-refractivity contribution in [1.29, 1.82) is 0 Å². The molecule has 3 heteroatoms. The van der Waals surface area contributed by atoms with Crippen LogP contribution in [-0.4, -0.2) is 22.2 Å². The Labute approximate surface area is 115 Å². The minimum Gasteiger partial charge on any atom is -0.388 e. The Hall–Kier alpha value is -1.35. The highest BCUT2D eigenvalue weighted by molar-refractivity contribution is 5.83. The van der Waals surface area contributed by atoms with Crippen molar-refractivity contribution in [3.63, 3.8) is 0 Å². The van der Waals surface area contributed by atoms with Gasteiger partial charge in [-0.15, -0.1) is 0 Å². The lowest BCUT2D eigenvalue weighted by atomic mass is 9.86. The molecule has 1 amide bonds. The third-order valence-corrected chi connectivity index (χ3v) is 4.32. The van der Waals surface area contributed by atoms with E-state index in [1.54, 1.807) is 13.8 Å². The quantitative estimate of drug-likeness (QED) is 0.874. The molecule has 2 unspecified atom stereocenters. The van der Waals surface area contributed by atoms with Gasteiger partial charge in [-0.2, -0.15) is 0 Å².